The lowest BCUT2D eigenvalue weighted by Crippen LogP contribution is -2.05. The van der Waals surface area contributed by atoms with Gasteiger partial charge in [0.25, 0.3) is 0 Å². The Kier molecular flexibility index (Phi) is 5.57. The van der Waals surface area contributed by atoms with Crippen molar-refractivity contribution < 1.29 is 9.47 Å². The summed E-state index contributed by atoms with van der Waals surface area (Å²) in [5.41, 5.74) is 3.25. The van der Waals surface area contributed by atoms with E-state index in [0.29, 0.717) is 24.1 Å². The van der Waals surface area contributed by atoms with Gasteiger partial charge in [0.2, 0.25) is 11.8 Å². The van der Waals surface area contributed by atoms with Crippen molar-refractivity contribution >= 4 is 17.3 Å². The molecule has 0 atom stereocenters. The van der Waals surface area contributed by atoms with Crippen molar-refractivity contribution in [2.45, 2.75) is 6.54 Å². The van der Waals surface area contributed by atoms with Gasteiger partial charge in [-0.15, -0.1) is 11.3 Å². The number of hydrogen-bond donors (Lipinski definition) is 1. The zero-order chi connectivity index (χ0) is 20.1. The van der Waals surface area contributed by atoms with Crippen LogP contribution in [0.2, 0.25) is 0 Å². The molecule has 0 radical (unpaired) electrons. The summed E-state index contributed by atoms with van der Waals surface area (Å²) in [4.78, 5) is 22.9. The van der Waals surface area contributed by atoms with Crippen molar-refractivity contribution in [1.82, 2.24) is 24.9 Å². The molecule has 0 aliphatic carbocycles. The minimum Gasteiger partial charge on any atom is -0.481 e. The predicted molar refractivity (Wildman–Crippen MR) is 111 cm³/mol. The van der Waals surface area contributed by atoms with Crippen LogP contribution in [0.3, 0.4) is 0 Å². The molecular weight excluding hydrogens is 388 g/mol. The summed E-state index contributed by atoms with van der Waals surface area (Å²) in [6, 6.07) is 9.84. The van der Waals surface area contributed by atoms with Crippen LogP contribution < -0.4 is 14.8 Å². The van der Waals surface area contributed by atoms with E-state index in [1.807, 2.05) is 29.6 Å². The smallest absolute Gasteiger partial charge is 0.320 e. The molecule has 9 heteroatoms. The molecule has 4 aromatic heterocycles. The van der Waals surface area contributed by atoms with Crippen LogP contribution in [-0.4, -0.2) is 39.1 Å². The second kappa shape index (κ2) is 8.61. The van der Waals surface area contributed by atoms with Crippen molar-refractivity contribution in [3.05, 3.63) is 59.9 Å². The van der Waals surface area contributed by atoms with E-state index in [4.69, 9.17) is 14.5 Å². The Morgan fingerprint density at radius 3 is 2.62 bits per heavy atom. The Balaban J connectivity index is 1.73. The van der Waals surface area contributed by atoms with E-state index in [2.05, 4.69) is 25.3 Å². The average molecular weight is 406 g/mol. The molecule has 4 rings (SSSR count). The third-order valence-corrected chi connectivity index (χ3v) is 4.97. The van der Waals surface area contributed by atoms with E-state index < -0.39 is 0 Å². The van der Waals surface area contributed by atoms with Crippen LogP contribution in [0.1, 0.15) is 5.56 Å². The highest BCUT2D eigenvalue weighted by Gasteiger charge is 2.16. The molecular formula is C20H18N6O2S. The lowest BCUT2D eigenvalue weighted by atomic mass is 10.1. The van der Waals surface area contributed by atoms with Crippen LogP contribution in [0.4, 0.5) is 5.95 Å². The molecule has 4 aromatic rings. The number of anilines is 1. The van der Waals surface area contributed by atoms with E-state index in [0.717, 1.165) is 21.7 Å². The van der Waals surface area contributed by atoms with Crippen molar-refractivity contribution in [2.75, 3.05) is 19.5 Å². The fourth-order valence-corrected chi connectivity index (χ4v) is 3.40. The molecule has 0 saturated carbocycles. The molecule has 0 spiro atoms. The second-order valence-electron chi connectivity index (χ2n) is 5.92. The minimum atomic E-state index is 0.219. The standard InChI is InChI=1S/C20H18N6O2S/c1-27-17-10-15(24-20(25-17)28-2)14-12-23-19(22-11-13-5-7-21-8-6-13)26-18(14)16-4-3-9-29-16/h3-10,12H,11H2,1-2H3,(H,22,23,26). The molecule has 0 aliphatic rings. The zero-order valence-corrected chi connectivity index (χ0v) is 16.7. The Morgan fingerprint density at radius 2 is 1.90 bits per heavy atom. The normalized spacial score (nSPS) is 10.6. The first-order chi connectivity index (χ1) is 14.3. The first-order valence-electron chi connectivity index (χ1n) is 8.78. The number of nitrogens with zero attached hydrogens (tertiary/aromatic N) is 5. The monoisotopic (exact) mass is 406 g/mol. The number of ether oxygens (including phenoxy) is 2. The number of hydrogen-bond acceptors (Lipinski definition) is 9. The van der Waals surface area contributed by atoms with E-state index >= 15 is 0 Å². The molecule has 146 valence electrons. The maximum Gasteiger partial charge on any atom is 0.320 e. The number of aromatic nitrogens is 5. The third kappa shape index (κ3) is 4.30. The highest BCUT2D eigenvalue weighted by atomic mass is 32.1. The number of thiophene rings is 1. The van der Waals surface area contributed by atoms with Crippen LogP contribution in [0, 0.1) is 0 Å². The van der Waals surface area contributed by atoms with Gasteiger partial charge in [0, 0.05) is 36.8 Å². The van der Waals surface area contributed by atoms with E-state index in [9.17, 15) is 0 Å². The summed E-state index contributed by atoms with van der Waals surface area (Å²) < 4.78 is 10.5. The van der Waals surface area contributed by atoms with Gasteiger partial charge in [-0.25, -0.2) is 9.97 Å². The second-order valence-corrected chi connectivity index (χ2v) is 6.87. The summed E-state index contributed by atoms with van der Waals surface area (Å²) in [7, 11) is 3.07. The molecule has 1 N–H and O–H groups in total. The van der Waals surface area contributed by atoms with Crippen molar-refractivity contribution in [2.24, 2.45) is 0 Å². The molecule has 8 nitrogen and oxygen atoms in total. The maximum absolute atomic E-state index is 5.27. The first-order valence-corrected chi connectivity index (χ1v) is 9.66. The summed E-state index contributed by atoms with van der Waals surface area (Å²) in [5, 5.41) is 5.27. The molecule has 0 aromatic carbocycles. The van der Waals surface area contributed by atoms with Crippen LogP contribution in [0.15, 0.2) is 54.3 Å². The Labute approximate surface area is 171 Å². The molecule has 4 heterocycles. The van der Waals surface area contributed by atoms with Crippen LogP contribution >= 0.6 is 11.3 Å². The van der Waals surface area contributed by atoms with Gasteiger partial charge >= 0.3 is 6.01 Å². The fraction of sp³-hybridized carbons (Fsp3) is 0.150. The molecule has 0 amide bonds. The van der Waals surface area contributed by atoms with E-state index in [1.165, 1.54) is 7.11 Å². The summed E-state index contributed by atoms with van der Waals surface area (Å²) in [6.07, 6.45) is 5.26. The molecule has 29 heavy (non-hydrogen) atoms. The average Bonchev–Trinajstić information content (AvgIpc) is 3.32. The summed E-state index contributed by atoms with van der Waals surface area (Å²) >= 11 is 1.60. The van der Waals surface area contributed by atoms with Gasteiger partial charge in [-0.3, -0.25) is 4.98 Å². The molecule has 0 fully saturated rings. The van der Waals surface area contributed by atoms with Gasteiger partial charge in [0.05, 0.1) is 30.5 Å². The van der Waals surface area contributed by atoms with E-state index in [1.54, 1.807) is 43.1 Å². The SMILES string of the molecule is COc1cc(-c2cnc(NCc3ccncc3)nc2-c2cccs2)nc(OC)n1. The van der Waals surface area contributed by atoms with Gasteiger partial charge in [-0.2, -0.15) is 9.97 Å². The van der Waals surface area contributed by atoms with Crippen molar-refractivity contribution in [3.8, 4) is 33.7 Å². The maximum atomic E-state index is 5.27. The predicted octanol–water partition coefficient (Wildman–Crippen LogP) is 3.69. The van der Waals surface area contributed by atoms with Gasteiger partial charge < -0.3 is 14.8 Å². The van der Waals surface area contributed by atoms with Gasteiger partial charge in [0.1, 0.15) is 0 Å². The number of methoxy groups -OCH3 is 2. The topological polar surface area (TPSA) is 94.9 Å². The summed E-state index contributed by atoms with van der Waals surface area (Å²) in [5.74, 6) is 0.936. The number of pyridine rings is 1. The molecule has 0 saturated heterocycles. The van der Waals surface area contributed by atoms with E-state index in [-0.39, 0.29) is 6.01 Å². The highest BCUT2D eigenvalue weighted by molar-refractivity contribution is 7.13. The lowest BCUT2D eigenvalue weighted by Gasteiger charge is -2.11. The molecule has 0 unspecified atom stereocenters. The Morgan fingerprint density at radius 1 is 1.03 bits per heavy atom. The van der Waals surface area contributed by atoms with Gasteiger partial charge in [-0.1, -0.05) is 6.07 Å². The third-order valence-electron chi connectivity index (χ3n) is 4.09. The van der Waals surface area contributed by atoms with Gasteiger partial charge in [-0.05, 0) is 29.1 Å². The first kappa shape index (κ1) is 18.8. The molecule has 0 aliphatic heterocycles. The highest BCUT2D eigenvalue weighted by Crippen LogP contribution is 2.34. The zero-order valence-electron chi connectivity index (χ0n) is 15.9. The van der Waals surface area contributed by atoms with Crippen molar-refractivity contribution in [1.29, 1.82) is 0 Å². The minimum absolute atomic E-state index is 0.219. The Hall–Kier alpha value is -3.59. The number of nitrogens with one attached hydrogen (secondary N) is 1. The number of rotatable bonds is 7. The fourth-order valence-electron chi connectivity index (χ4n) is 2.67. The Bertz CT molecular complexity index is 1070. The van der Waals surface area contributed by atoms with Crippen LogP contribution in [0.25, 0.3) is 21.8 Å². The van der Waals surface area contributed by atoms with Gasteiger partial charge in [0.15, 0.2) is 0 Å². The lowest BCUT2D eigenvalue weighted by molar-refractivity contribution is 0.353. The van der Waals surface area contributed by atoms with Crippen molar-refractivity contribution in [3.63, 3.8) is 0 Å². The molecule has 0 bridgehead atoms. The quantitative estimate of drug-likeness (QED) is 0.497. The summed E-state index contributed by atoms with van der Waals surface area (Å²) in [6.45, 7) is 0.598. The largest absolute Gasteiger partial charge is 0.481 e. The van der Waals surface area contributed by atoms with Crippen LogP contribution in [0.5, 0.6) is 11.9 Å². The van der Waals surface area contributed by atoms with Crippen LogP contribution in [-0.2, 0) is 6.54 Å².